The summed E-state index contributed by atoms with van der Waals surface area (Å²) >= 11 is 0. The van der Waals surface area contributed by atoms with E-state index in [0.717, 1.165) is 10.7 Å². The Hall–Kier alpha value is -3.03. The van der Waals surface area contributed by atoms with Crippen molar-refractivity contribution in [2.75, 3.05) is 6.61 Å². The van der Waals surface area contributed by atoms with Gasteiger partial charge in [0, 0.05) is 11.8 Å². The van der Waals surface area contributed by atoms with Gasteiger partial charge in [-0.05, 0) is 32.9 Å². The minimum absolute atomic E-state index is 0.0771. The van der Waals surface area contributed by atoms with E-state index in [-0.39, 0.29) is 11.8 Å². The van der Waals surface area contributed by atoms with Crippen LogP contribution in [0.1, 0.15) is 30.0 Å². The lowest BCUT2D eigenvalue weighted by Crippen LogP contribution is -2.27. The summed E-state index contributed by atoms with van der Waals surface area (Å²) in [5.41, 5.74) is -0.822. The molecule has 7 nitrogen and oxygen atoms in total. The summed E-state index contributed by atoms with van der Waals surface area (Å²) < 4.78 is 24.6. The van der Waals surface area contributed by atoms with E-state index in [0.29, 0.717) is 5.69 Å². The monoisotopic (exact) mass is 348 g/mol. The summed E-state index contributed by atoms with van der Waals surface area (Å²) in [5, 5.41) is 3.88. The molecule has 0 bridgehead atoms. The lowest BCUT2D eigenvalue weighted by Gasteiger charge is -2.12. The Morgan fingerprint density at radius 1 is 1.28 bits per heavy atom. The lowest BCUT2D eigenvalue weighted by atomic mass is 10.2. The van der Waals surface area contributed by atoms with Crippen LogP contribution in [-0.4, -0.2) is 34.4 Å². The van der Waals surface area contributed by atoms with Gasteiger partial charge < -0.3 is 9.47 Å². The fourth-order valence-electron chi connectivity index (χ4n) is 2.05. The van der Waals surface area contributed by atoms with E-state index in [1.165, 1.54) is 18.2 Å². The third kappa shape index (κ3) is 4.50. The quantitative estimate of drug-likeness (QED) is 0.766. The Balaban J connectivity index is 2.28. The average Bonchev–Trinajstić information content (AvgIpc) is 2.53. The van der Waals surface area contributed by atoms with E-state index in [2.05, 4.69) is 5.10 Å². The number of esters is 2. The fourth-order valence-corrected chi connectivity index (χ4v) is 2.05. The number of carbonyl (C=O) groups is 2. The smallest absolute Gasteiger partial charge is 0.363 e. The highest BCUT2D eigenvalue weighted by Gasteiger charge is 2.19. The van der Waals surface area contributed by atoms with Gasteiger partial charge >= 0.3 is 11.9 Å². The number of hydrogen-bond donors (Lipinski definition) is 0. The van der Waals surface area contributed by atoms with E-state index in [1.54, 1.807) is 26.8 Å². The normalized spacial score (nSPS) is 10.6. The third-order valence-electron chi connectivity index (χ3n) is 3.07. The standard InChI is InChI=1S/C17H17FN2O5/c1-10(2)25-15(22)9-24-17(23)16-14(21)8-11(3)20(19-16)13-7-5-4-6-12(13)18/h4-8,10H,9H2,1-3H3. The predicted molar refractivity (Wildman–Crippen MR) is 86.0 cm³/mol. The maximum atomic E-state index is 13.9. The first kappa shape index (κ1) is 18.3. The molecular formula is C17H17FN2O5. The molecule has 8 heteroatoms. The maximum absolute atomic E-state index is 13.9. The summed E-state index contributed by atoms with van der Waals surface area (Å²) in [6, 6.07) is 6.93. The Morgan fingerprint density at radius 3 is 2.60 bits per heavy atom. The molecule has 25 heavy (non-hydrogen) atoms. The molecule has 0 aliphatic rings. The van der Waals surface area contributed by atoms with Crippen molar-refractivity contribution in [3.63, 3.8) is 0 Å². The number of benzene rings is 1. The molecule has 1 aromatic heterocycles. The van der Waals surface area contributed by atoms with Crippen LogP contribution in [0.5, 0.6) is 0 Å². The van der Waals surface area contributed by atoms with E-state index >= 15 is 0 Å². The number of rotatable bonds is 5. The van der Waals surface area contributed by atoms with Gasteiger partial charge in [-0.3, -0.25) is 4.79 Å². The first-order valence-corrected chi connectivity index (χ1v) is 7.52. The molecule has 0 saturated heterocycles. The Morgan fingerprint density at radius 2 is 1.96 bits per heavy atom. The van der Waals surface area contributed by atoms with Crippen LogP contribution in [0.25, 0.3) is 5.69 Å². The SMILES string of the molecule is Cc1cc(=O)c(C(=O)OCC(=O)OC(C)C)nn1-c1ccccc1F. The van der Waals surface area contributed by atoms with Gasteiger partial charge in [-0.2, -0.15) is 5.10 Å². The molecule has 0 spiro atoms. The number of halogens is 1. The van der Waals surface area contributed by atoms with Gasteiger partial charge in [0.15, 0.2) is 6.61 Å². The zero-order chi connectivity index (χ0) is 18.6. The highest BCUT2D eigenvalue weighted by molar-refractivity contribution is 5.88. The van der Waals surface area contributed by atoms with Crippen molar-refractivity contribution in [1.82, 2.24) is 9.78 Å². The average molecular weight is 348 g/mol. The van der Waals surface area contributed by atoms with Crippen LogP contribution in [-0.2, 0) is 14.3 Å². The van der Waals surface area contributed by atoms with Crippen molar-refractivity contribution in [3.05, 3.63) is 57.8 Å². The van der Waals surface area contributed by atoms with Crippen LogP contribution in [0.15, 0.2) is 35.1 Å². The first-order chi connectivity index (χ1) is 11.8. The molecule has 0 radical (unpaired) electrons. The topological polar surface area (TPSA) is 87.5 Å². The highest BCUT2D eigenvalue weighted by Crippen LogP contribution is 2.13. The number of para-hydroxylation sites is 1. The van der Waals surface area contributed by atoms with Crippen molar-refractivity contribution < 1.29 is 23.5 Å². The molecule has 0 saturated carbocycles. The summed E-state index contributed by atoms with van der Waals surface area (Å²) in [7, 11) is 0. The molecule has 0 fully saturated rings. The van der Waals surface area contributed by atoms with E-state index < -0.39 is 35.5 Å². The second-order valence-corrected chi connectivity index (χ2v) is 5.48. The van der Waals surface area contributed by atoms with Crippen molar-refractivity contribution >= 4 is 11.9 Å². The van der Waals surface area contributed by atoms with Gasteiger partial charge in [0.05, 0.1) is 6.10 Å². The van der Waals surface area contributed by atoms with Crippen LogP contribution >= 0.6 is 0 Å². The van der Waals surface area contributed by atoms with Crippen molar-refractivity contribution in [2.24, 2.45) is 0 Å². The third-order valence-corrected chi connectivity index (χ3v) is 3.07. The van der Waals surface area contributed by atoms with Crippen molar-refractivity contribution in [2.45, 2.75) is 26.9 Å². The molecule has 0 aliphatic heterocycles. The van der Waals surface area contributed by atoms with Gasteiger partial charge in [-0.15, -0.1) is 0 Å². The van der Waals surface area contributed by atoms with Crippen LogP contribution in [0.4, 0.5) is 4.39 Å². The Kier molecular flexibility index (Phi) is 5.63. The Bertz CT molecular complexity index is 860. The predicted octanol–water partition coefficient (Wildman–Crippen LogP) is 1.79. The second-order valence-electron chi connectivity index (χ2n) is 5.48. The van der Waals surface area contributed by atoms with Crippen LogP contribution in [0.2, 0.25) is 0 Å². The van der Waals surface area contributed by atoms with Gasteiger partial charge in [-0.25, -0.2) is 18.7 Å². The minimum atomic E-state index is -1.09. The van der Waals surface area contributed by atoms with E-state index in [1.807, 2.05) is 0 Å². The molecule has 0 amide bonds. The van der Waals surface area contributed by atoms with Crippen LogP contribution in [0.3, 0.4) is 0 Å². The molecule has 2 rings (SSSR count). The summed E-state index contributed by atoms with van der Waals surface area (Å²) in [5.74, 6) is -2.40. The number of hydrogen-bond acceptors (Lipinski definition) is 6. The molecule has 132 valence electrons. The van der Waals surface area contributed by atoms with E-state index in [4.69, 9.17) is 9.47 Å². The number of carbonyl (C=O) groups excluding carboxylic acids is 2. The van der Waals surface area contributed by atoms with E-state index in [9.17, 15) is 18.8 Å². The fraction of sp³-hybridized carbons (Fsp3) is 0.294. The molecular weight excluding hydrogens is 331 g/mol. The minimum Gasteiger partial charge on any atom is -0.460 e. The number of ether oxygens (including phenoxy) is 2. The molecule has 1 heterocycles. The van der Waals surface area contributed by atoms with Crippen molar-refractivity contribution in [3.8, 4) is 5.69 Å². The lowest BCUT2D eigenvalue weighted by molar-refractivity contribution is -0.151. The van der Waals surface area contributed by atoms with Gasteiger partial charge in [-0.1, -0.05) is 12.1 Å². The van der Waals surface area contributed by atoms with Crippen LogP contribution < -0.4 is 5.43 Å². The Labute approximate surface area is 143 Å². The zero-order valence-corrected chi connectivity index (χ0v) is 14.0. The zero-order valence-electron chi connectivity index (χ0n) is 14.0. The number of aryl methyl sites for hydroxylation is 1. The summed E-state index contributed by atoms with van der Waals surface area (Å²) in [6.45, 7) is 4.20. The molecule has 1 aromatic carbocycles. The van der Waals surface area contributed by atoms with Gasteiger partial charge in [0.25, 0.3) is 0 Å². The number of aromatic nitrogens is 2. The first-order valence-electron chi connectivity index (χ1n) is 7.52. The largest absolute Gasteiger partial charge is 0.460 e. The molecule has 0 aliphatic carbocycles. The van der Waals surface area contributed by atoms with Gasteiger partial charge in [0.2, 0.25) is 11.1 Å². The second kappa shape index (κ2) is 7.69. The maximum Gasteiger partial charge on any atom is 0.363 e. The molecule has 0 atom stereocenters. The molecule has 0 unspecified atom stereocenters. The summed E-state index contributed by atoms with van der Waals surface area (Å²) in [4.78, 5) is 35.4. The molecule has 2 aromatic rings. The highest BCUT2D eigenvalue weighted by atomic mass is 19.1. The van der Waals surface area contributed by atoms with Gasteiger partial charge in [0.1, 0.15) is 11.5 Å². The molecule has 0 N–H and O–H groups in total. The number of nitrogens with zero attached hydrogens (tertiary/aromatic N) is 2. The van der Waals surface area contributed by atoms with Crippen LogP contribution in [0, 0.1) is 12.7 Å². The van der Waals surface area contributed by atoms with Crippen molar-refractivity contribution in [1.29, 1.82) is 0 Å². The summed E-state index contributed by atoms with van der Waals surface area (Å²) in [6.07, 6.45) is -0.359.